The number of rotatable bonds is 19. The number of allylic oxidation sites excluding steroid dienone is 1. The minimum Gasteiger partial charge on any atom is -0.369 e. The molecule has 4 N–H and O–H groups in total. The Labute approximate surface area is 171 Å². The van der Waals surface area contributed by atoms with Crippen molar-refractivity contribution >= 4 is 11.8 Å². The Balaban J connectivity index is 1.79. The molecule has 0 aromatic heterocycles. The summed E-state index contributed by atoms with van der Waals surface area (Å²) in [7, 11) is 0. The molecule has 0 spiro atoms. The molecule has 0 saturated carbocycles. The van der Waals surface area contributed by atoms with Crippen molar-refractivity contribution in [3.8, 4) is 0 Å². The van der Waals surface area contributed by atoms with E-state index < -0.39 is 0 Å². The highest BCUT2D eigenvalue weighted by Gasteiger charge is 2.36. The fraction of sp³-hybridized carbons (Fsp3) is 0.818. The summed E-state index contributed by atoms with van der Waals surface area (Å²) in [5, 5.41) is 5.71. The third-order valence-corrected chi connectivity index (χ3v) is 5.01. The second kappa shape index (κ2) is 16.5. The minimum atomic E-state index is -0.384. The first-order chi connectivity index (χ1) is 13.6. The van der Waals surface area contributed by atoms with E-state index in [1.807, 2.05) is 0 Å². The number of nitrogens with one attached hydrogen (secondary N) is 2. The van der Waals surface area contributed by atoms with Crippen molar-refractivity contribution in [2.75, 3.05) is 19.6 Å². The molecule has 0 aromatic carbocycles. The number of nitrogens with two attached hydrogens (primary N) is 1. The molecule has 0 bridgehead atoms. The van der Waals surface area contributed by atoms with E-state index in [2.05, 4.69) is 29.7 Å². The molecule has 2 atom stereocenters. The van der Waals surface area contributed by atoms with Crippen LogP contribution >= 0.6 is 0 Å². The van der Waals surface area contributed by atoms with E-state index in [9.17, 15) is 9.59 Å². The van der Waals surface area contributed by atoms with Gasteiger partial charge in [0, 0.05) is 19.5 Å². The first-order valence-corrected chi connectivity index (χ1v) is 11.2. The zero-order chi connectivity index (χ0) is 20.5. The highest BCUT2D eigenvalue weighted by Crippen LogP contribution is 2.30. The van der Waals surface area contributed by atoms with Gasteiger partial charge in [0.05, 0.1) is 18.8 Å². The maximum atomic E-state index is 11.7. The summed E-state index contributed by atoms with van der Waals surface area (Å²) in [6.45, 7) is 3.49. The number of amides is 2. The number of unbranched alkanes of at least 4 members (excludes halogenated alkanes) is 7. The Morgan fingerprint density at radius 1 is 0.964 bits per heavy atom. The first kappa shape index (κ1) is 24.6. The molecule has 162 valence electrons. The summed E-state index contributed by atoms with van der Waals surface area (Å²) in [4.78, 5) is 22.2. The quantitative estimate of drug-likeness (QED) is 0.178. The monoisotopic (exact) mass is 395 g/mol. The molecule has 28 heavy (non-hydrogen) atoms. The van der Waals surface area contributed by atoms with E-state index in [4.69, 9.17) is 10.5 Å². The molecule has 1 aliphatic rings. The van der Waals surface area contributed by atoms with E-state index in [-0.39, 0.29) is 18.4 Å². The molecule has 0 aromatic rings. The van der Waals surface area contributed by atoms with Gasteiger partial charge in [0.1, 0.15) is 0 Å². The molecule has 1 saturated heterocycles. The summed E-state index contributed by atoms with van der Waals surface area (Å²) in [6, 6.07) is 0. The summed E-state index contributed by atoms with van der Waals surface area (Å²) >= 11 is 0. The Bertz CT molecular complexity index is 454. The molecule has 2 amide bonds. The van der Waals surface area contributed by atoms with E-state index >= 15 is 0 Å². The standard InChI is InChI=1S/C22H41N3O3/c1-2-3-10-13-19-20(28-19)14-11-8-6-4-5-7-9-12-15-22(27)25-17-16-24-18-21(23)26/h8,11,19-20,24H,2-7,9-10,12-18H2,1H3,(H2,23,26)(H,25,27). The van der Waals surface area contributed by atoms with Crippen LogP contribution in [0.25, 0.3) is 0 Å². The Hall–Kier alpha value is -1.40. The smallest absolute Gasteiger partial charge is 0.231 e. The van der Waals surface area contributed by atoms with Crippen LogP contribution < -0.4 is 16.4 Å². The molecular weight excluding hydrogens is 354 g/mol. The number of carbonyl (C=O) groups excluding carboxylic acids is 2. The van der Waals surface area contributed by atoms with Crippen LogP contribution in [0.2, 0.25) is 0 Å². The third kappa shape index (κ3) is 14.6. The van der Waals surface area contributed by atoms with Gasteiger partial charge in [-0.3, -0.25) is 9.59 Å². The SMILES string of the molecule is CCCCCC1OC1CC=CCCCCCCCC(=O)NCCNCC(N)=O. The number of primary amides is 1. The van der Waals surface area contributed by atoms with E-state index in [0.717, 1.165) is 25.7 Å². The molecular formula is C22H41N3O3. The lowest BCUT2D eigenvalue weighted by molar-refractivity contribution is -0.121. The molecule has 0 aliphatic carbocycles. The van der Waals surface area contributed by atoms with Crippen molar-refractivity contribution in [1.29, 1.82) is 0 Å². The van der Waals surface area contributed by atoms with Gasteiger partial charge in [-0.1, -0.05) is 57.6 Å². The molecule has 6 nitrogen and oxygen atoms in total. The molecule has 1 rings (SSSR count). The summed E-state index contributed by atoms with van der Waals surface area (Å²) in [5.41, 5.74) is 5.01. The van der Waals surface area contributed by atoms with Crippen LogP contribution in [0.15, 0.2) is 12.2 Å². The van der Waals surface area contributed by atoms with Gasteiger partial charge in [-0.25, -0.2) is 0 Å². The van der Waals surface area contributed by atoms with E-state index in [0.29, 0.717) is 31.7 Å². The minimum absolute atomic E-state index is 0.0825. The van der Waals surface area contributed by atoms with Crippen LogP contribution in [0.1, 0.15) is 84.0 Å². The maximum Gasteiger partial charge on any atom is 0.231 e. The van der Waals surface area contributed by atoms with Crippen molar-refractivity contribution in [2.24, 2.45) is 5.73 Å². The van der Waals surface area contributed by atoms with Crippen LogP contribution in [-0.4, -0.2) is 43.7 Å². The highest BCUT2D eigenvalue weighted by molar-refractivity contribution is 5.76. The van der Waals surface area contributed by atoms with Gasteiger partial charge in [-0.2, -0.15) is 0 Å². The molecule has 6 heteroatoms. The summed E-state index contributed by atoms with van der Waals surface area (Å²) in [5.74, 6) is -0.302. The van der Waals surface area contributed by atoms with E-state index in [1.54, 1.807) is 0 Å². The van der Waals surface area contributed by atoms with Crippen molar-refractivity contribution in [1.82, 2.24) is 10.6 Å². The number of hydrogen-bond donors (Lipinski definition) is 3. The number of epoxide rings is 1. The van der Waals surface area contributed by atoms with Crippen LogP contribution in [0.4, 0.5) is 0 Å². The van der Waals surface area contributed by atoms with Gasteiger partial charge in [0.15, 0.2) is 0 Å². The second-order valence-corrected chi connectivity index (χ2v) is 7.72. The highest BCUT2D eigenvalue weighted by atomic mass is 16.6. The van der Waals surface area contributed by atoms with Crippen LogP contribution in [0, 0.1) is 0 Å². The first-order valence-electron chi connectivity index (χ1n) is 11.2. The summed E-state index contributed by atoms with van der Waals surface area (Å²) < 4.78 is 5.69. The predicted octanol–water partition coefficient (Wildman–Crippen LogP) is 3.20. The molecule has 2 unspecified atom stereocenters. The largest absolute Gasteiger partial charge is 0.369 e. The molecule has 1 fully saturated rings. The Morgan fingerprint density at radius 3 is 2.54 bits per heavy atom. The average Bonchev–Trinajstić information content (AvgIpc) is 3.41. The van der Waals surface area contributed by atoms with Crippen molar-refractivity contribution in [3.05, 3.63) is 12.2 Å². The average molecular weight is 396 g/mol. The van der Waals surface area contributed by atoms with Gasteiger partial charge < -0.3 is 21.1 Å². The lowest BCUT2D eigenvalue weighted by atomic mass is 10.1. The van der Waals surface area contributed by atoms with Crippen LogP contribution in [0.5, 0.6) is 0 Å². The third-order valence-electron chi connectivity index (χ3n) is 5.01. The fourth-order valence-corrected chi connectivity index (χ4v) is 3.25. The van der Waals surface area contributed by atoms with Crippen LogP contribution in [0.3, 0.4) is 0 Å². The van der Waals surface area contributed by atoms with Crippen molar-refractivity contribution in [2.45, 2.75) is 96.2 Å². The zero-order valence-corrected chi connectivity index (χ0v) is 17.7. The molecule has 0 radical (unpaired) electrons. The zero-order valence-electron chi connectivity index (χ0n) is 17.7. The van der Waals surface area contributed by atoms with E-state index in [1.165, 1.54) is 44.9 Å². The normalized spacial score (nSPS) is 18.5. The number of ether oxygens (including phenoxy) is 1. The number of hydrogen-bond acceptors (Lipinski definition) is 4. The molecule has 1 aliphatic heterocycles. The lowest BCUT2D eigenvalue weighted by Gasteiger charge is -2.05. The maximum absolute atomic E-state index is 11.7. The van der Waals surface area contributed by atoms with Gasteiger partial charge in [0.2, 0.25) is 11.8 Å². The second-order valence-electron chi connectivity index (χ2n) is 7.72. The van der Waals surface area contributed by atoms with Gasteiger partial charge in [-0.15, -0.1) is 0 Å². The Kier molecular flexibility index (Phi) is 14.6. The molecule has 1 heterocycles. The summed E-state index contributed by atoms with van der Waals surface area (Å²) in [6.07, 6.45) is 19.2. The van der Waals surface area contributed by atoms with Gasteiger partial charge >= 0.3 is 0 Å². The van der Waals surface area contributed by atoms with Crippen molar-refractivity contribution in [3.63, 3.8) is 0 Å². The van der Waals surface area contributed by atoms with Gasteiger partial charge in [0.25, 0.3) is 0 Å². The van der Waals surface area contributed by atoms with Crippen molar-refractivity contribution < 1.29 is 14.3 Å². The van der Waals surface area contributed by atoms with Gasteiger partial charge in [-0.05, 0) is 32.1 Å². The predicted molar refractivity (Wildman–Crippen MR) is 114 cm³/mol. The number of carbonyl (C=O) groups is 2. The fourth-order valence-electron chi connectivity index (χ4n) is 3.25. The Morgan fingerprint density at radius 2 is 1.75 bits per heavy atom. The lowest BCUT2D eigenvalue weighted by Crippen LogP contribution is -2.35. The van der Waals surface area contributed by atoms with Crippen LogP contribution in [-0.2, 0) is 14.3 Å². The topological polar surface area (TPSA) is 96.8 Å².